The lowest BCUT2D eigenvalue weighted by atomic mass is 9.97. The van der Waals surface area contributed by atoms with Crippen molar-refractivity contribution in [3.8, 4) is 0 Å². The highest BCUT2D eigenvalue weighted by atomic mass is 19.1. The van der Waals surface area contributed by atoms with Crippen LogP contribution in [0.4, 0.5) is 10.1 Å². The molecule has 1 aromatic carbocycles. The molecule has 0 saturated heterocycles. The van der Waals surface area contributed by atoms with Gasteiger partial charge in [-0.25, -0.2) is 4.39 Å². The molecule has 1 rings (SSSR count). The van der Waals surface area contributed by atoms with E-state index in [4.69, 9.17) is 10.5 Å². The van der Waals surface area contributed by atoms with E-state index in [1.54, 1.807) is 19.2 Å². The van der Waals surface area contributed by atoms with Crippen molar-refractivity contribution in [2.75, 3.05) is 25.1 Å². The molecule has 4 heteroatoms. The molecule has 0 radical (unpaired) electrons. The number of anilines is 1. The van der Waals surface area contributed by atoms with Gasteiger partial charge in [0.05, 0.1) is 5.60 Å². The standard InChI is InChI=1S/C15H25FN2O/c1-5-18(13-8-6-12(16)7-9-13)14(11-17)10-15(2,3)19-4/h6-9,14H,5,10-11,17H2,1-4H3. The van der Waals surface area contributed by atoms with Gasteiger partial charge in [0.15, 0.2) is 0 Å². The van der Waals surface area contributed by atoms with Crippen molar-refractivity contribution in [2.24, 2.45) is 5.73 Å². The summed E-state index contributed by atoms with van der Waals surface area (Å²) in [6, 6.07) is 6.72. The van der Waals surface area contributed by atoms with Gasteiger partial charge in [-0.15, -0.1) is 0 Å². The number of ether oxygens (including phenoxy) is 1. The van der Waals surface area contributed by atoms with Crippen molar-refractivity contribution in [2.45, 2.75) is 38.8 Å². The first kappa shape index (κ1) is 15.9. The molecular formula is C15H25FN2O. The summed E-state index contributed by atoms with van der Waals surface area (Å²) in [4.78, 5) is 2.19. The Balaban J connectivity index is 2.89. The van der Waals surface area contributed by atoms with Gasteiger partial charge in [0.1, 0.15) is 5.82 Å². The first-order valence-electron chi connectivity index (χ1n) is 6.71. The van der Waals surface area contributed by atoms with E-state index in [9.17, 15) is 4.39 Å². The highest BCUT2D eigenvalue weighted by molar-refractivity contribution is 5.47. The second-order valence-corrected chi connectivity index (χ2v) is 5.32. The monoisotopic (exact) mass is 268 g/mol. The van der Waals surface area contributed by atoms with Gasteiger partial charge in [-0.3, -0.25) is 0 Å². The summed E-state index contributed by atoms with van der Waals surface area (Å²) < 4.78 is 18.5. The summed E-state index contributed by atoms with van der Waals surface area (Å²) in [5.74, 6) is -0.221. The van der Waals surface area contributed by atoms with Gasteiger partial charge in [0.2, 0.25) is 0 Å². The Labute approximate surface area is 115 Å². The Hall–Kier alpha value is -1.13. The Morgan fingerprint density at radius 1 is 1.32 bits per heavy atom. The molecule has 0 aliphatic carbocycles. The van der Waals surface area contributed by atoms with Gasteiger partial charge in [0.25, 0.3) is 0 Å². The van der Waals surface area contributed by atoms with Crippen molar-refractivity contribution in [3.63, 3.8) is 0 Å². The normalized spacial score (nSPS) is 13.4. The molecule has 19 heavy (non-hydrogen) atoms. The van der Waals surface area contributed by atoms with Crippen LogP contribution >= 0.6 is 0 Å². The molecule has 0 bridgehead atoms. The fourth-order valence-corrected chi connectivity index (χ4v) is 2.26. The van der Waals surface area contributed by atoms with Gasteiger partial charge >= 0.3 is 0 Å². The maximum Gasteiger partial charge on any atom is 0.123 e. The van der Waals surface area contributed by atoms with Gasteiger partial charge < -0.3 is 15.4 Å². The highest BCUT2D eigenvalue weighted by Gasteiger charge is 2.26. The first-order valence-corrected chi connectivity index (χ1v) is 6.71. The quantitative estimate of drug-likeness (QED) is 0.826. The van der Waals surface area contributed by atoms with Crippen LogP contribution in [-0.4, -0.2) is 31.8 Å². The largest absolute Gasteiger partial charge is 0.379 e. The van der Waals surface area contributed by atoms with Crippen LogP contribution in [0.15, 0.2) is 24.3 Å². The van der Waals surface area contributed by atoms with E-state index in [2.05, 4.69) is 11.8 Å². The first-order chi connectivity index (χ1) is 8.93. The lowest BCUT2D eigenvalue weighted by molar-refractivity contribution is 0.0101. The van der Waals surface area contributed by atoms with Crippen molar-refractivity contribution < 1.29 is 9.13 Å². The van der Waals surface area contributed by atoms with Crippen LogP contribution in [0.3, 0.4) is 0 Å². The van der Waals surface area contributed by atoms with Crippen molar-refractivity contribution in [1.82, 2.24) is 0 Å². The molecule has 3 nitrogen and oxygen atoms in total. The van der Waals surface area contributed by atoms with E-state index in [1.807, 2.05) is 13.8 Å². The molecule has 108 valence electrons. The predicted molar refractivity (Wildman–Crippen MR) is 78.0 cm³/mol. The molecule has 2 N–H and O–H groups in total. The topological polar surface area (TPSA) is 38.5 Å². The molecule has 0 fully saturated rings. The molecular weight excluding hydrogens is 243 g/mol. The molecule has 0 heterocycles. The molecule has 0 aliphatic rings. The maximum atomic E-state index is 13.0. The smallest absolute Gasteiger partial charge is 0.123 e. The second-order valence-electron chi connectivity index (χ2n) is 5.32. The fraction of sp³-hybridized carbons (Fsp3) is 0.600. The highest BCUT2D eigenvalue weighted by Crippen LogP contribution is 2.23. The summed E-state index contributed by atoms with van der Waals surface area (Å²) in [5.41, 5.74) is 6.67. The Kier molecular flexibility index (Phi) is 5.76. The molecule has 0 aromatic heterocycles. The number of benzene rings is 1. The summed E-state index contributed by atoms with van der Waals surface area (Å²) in [7, 11) is 1.71. The Morgan fingerprint density at radius 2 is 1.89 bits per heavy atom. The number of methoxy groups -OCH3 is 1. The number of hydrogen-bond donors (Lipinski definition) is 1. The zero-order valence-corrected chi connectivity index (χ0v) is 12.3. The second kappa shape index (κ2) is 6.87. The number of rotatable bonds is 7. The van der Waals surface area contributed by atoms with Crippen LogP contribution in [0.2, 0.25) is 0 Å². The lowest BCUT2D eigenvalue weighted by Gasteiger charge is -2.36. The number of hydrogen-bond acceptors (Lipinski definition) is 3. The molecule has 1 aromatic rings. The van der Waals surface area contributed by atoms with Crippen LogP contribution in [0.5, 0.6) is 0 Å². The van der Waals surface area contributed by atoms with E-state index in [1.165, 1.54) is 12.1 Å². The third-order valence-electron chi connectivity index (χ3n) is 3.49. The van der Waals surface area contributed by atoms with E-state index in [0.717, 1.165) is 18.7 Å². The summed E-state index contributed by atoms with van der Waals surface area (Å²) >= 11 is 0. The third-order valence-corrected chi connectivity index (χ3v) is 3.49. The number of halogens is 1. The zero-order valence-electron chi connectivity index (χ0n) is 12.3. The van der Waals surface area contributed by atoms with Crippen molar-refractivity contribution in [3.05, 3.63) is 30.1 Å². The van der Waals surface area contributed by atoms with Gasteiger partial charge in [-0.1, -0.05) is 0 Å². The van der Waals surface area contributed by atoms with Crippen LogP contribution in [0.25, 0.3) is 0 Å². The Morgan fingerprint density at radius 3 is 2.32 bits per heavy atom. The van der Waals surface area contributed by atoms with Crippen molar-refractivity contribution >= 4 is 5.69 Å². The Bertz CT molecular complexity index is 378. The average Bonchev–Trinajstić information content (AvgIpc) is 2.40. The number of likely N-dealkylation sites (N-methyl/N-ethyl adjacent to an activating group) is 1. The van der Waals surface area contributed by atoms with Gasteiger partial charge in [0, 0.05) is 31.9 Å². The molecule has 0 aliphatic heterocycles. The zero-order chi connectivity index (χ0) is 14.5. The van der Waals surface area contributed by atoms with E-state index < -0.39 is 0 Å². The van der Waals surface area contributed by atoms with Crippen LogP contribution in [0.1, 0.15) is 27.2 Å². The molecule has 0 amide bonds. The van der Waals surface area contributed by atoms with Crippen molar-refractivity contribution in [1.29, 1.82) is 0 Å². The molecule has 1 atom stereocenters. The van der Waals surface area contributed by atoms with E-state index in [-0.39, 0.29) is 17.5 Å². The molecule has 0 spiro atoms. The third kappa shape index (κ3) is 4.48. The molecule has 0 saturated carbocycles. The summed E-state index contributed by atoms with van der Waals surface area (Å²) in [5, 5.41) is 0. The summed E-state index contributed by atoms with van der Waals surface area (Å²) in [6.07, 6.45) is 0.825. The number of nitrogens with two attached hydrogens (primary N) is 1. The maximum absolute atomic E-state index is 13.0. The fourth-order valence-electron chi connectivity index (χ4n) is 2.26. The van der Waals surface area contributed by atoms with E-state index >= 15 is 0 Å². The van der Waals surface area contributed by atoms with E-state index in [0.29, 0.717) is 6.54 Å². The minimum Gasteiger partial charge on any atom is -0.379 e. The molecule has 1 unspecified atom stereocenters. The average molecular weight is 268 g/mol. The van der Waals surface area contributed by atoms with Crippen LogP contribution < -0.4 is 10.6 Å². The minimum atomic E-state index is -0.225. The summed E-state index contributed by atoms with van der Waals surface area (Å²) in [6.45, 7) is 7.54. The SMILES string of the molecule is CCN(c1ccc(F)cc1)C(CN)CC(C)(C)OC. The minimum absolute atomic E-state index is 0.172. The van der Waals surface area contributed by atoms with Gasteiger partial charge in [-0.2, -0.15) is 0 Å². The van der Waals surface area contributed by atoms with Crippen LogP contribution in [0, 0.1) is 5.82 Å². The predicted octanol–water partition coefficient (Wildman–Crippen LogP) is 2.79. The number of nitrogens with zero attached hydrogens (tertiary/aromatic N) is 1. The van der Waals surface area contributed by atoms with Gasteiger partial charge in [-0.05, 0) is 51.5 Å². The lowest BCUT2D eigenvalue weighted by Crippen LogP contribution is -2.45. The van der Waals surface area contributed by atoms with Crippen LogP contribution in [-0.2, 0) is 4.74 Å².